The number of rotatable bonds is 9. The van der Waals surface area contributed by atoms with Gasteiger partial charge in [-0.2, -0.15) is 0 Å². The number of aliphatic imine (C=N–C) groups is 1. The summed E-state index contributed by atoms with van der Waals surface area (Å²) in [7, 11) is 6.06. The van der Waals surface area contributed by atoms with Crippen LogP contribution in [-0.2, 0) is 0 Å². The van der Waals surface area contributed by atoms with Gasteiger partial charge in [-0.15, -0.1) is 24.0 Å². The van der Waals surface area contributed by atoms with E-state index in [2.05, 4.69) is 62.3 Å². The van der Waals surface area contributed by atoms with Gasteiger partial charge in [0.05, 0.1) is 0 Å². The highest BCUT2D eigenvalue weighted by molar-refractivity contribution is 14.0. The molecule has 0 aliphatic heterocycles. The molecule has 4 nitrogen and oxygen atoms in total. The van der Waals surface area contributed by atoms with E-state index in [1.54, 1.807) is 0 Å². The molecular weight excluding hydrogens is 375 g/mol. The van der Waals surface area contributed by atoms with Crippen molar-refractivity contribution >= 4 is 29.9 Å². The summed E-state index contributed by atoms with van der Waals surface area (Å²) in [5.41, 5.74) is 0.235. The quantitative estimate of drug-likeness (QED) is 0.265. The lowest BCUT2D eigenvalue weighted by Gasteiger charge is -2.29. The van der Waals surface area contributed by atoms with Crippen molar-refractivity contribution in [2.75, 3.05) is 40.8 Å². The number of nitrogens with zero attached hydrogens (tertiary/aromatic N) is 2. The summed E-state index contributed by atoms with van der Waals surface area (Å²) in [6, 6.07) is 0. The molecule has 0 rings (SSSR count). The van der Waals surface area contributed by atoms with Crippen molar-refractivity contribution in [1.29, 1.82) is 0 Å². The fraction of sp³-hybridized carbons (Fsp3) is 0.938. The van der Waals surface area contributed by atoms with Gasteiger partial charge in [-0.1, -0.05) is 40.5 Å². The second-order valence-corrected chi connectivity index (χ2v) is 7.14. The molecule has 2 N–H and O–H groups in total. The molecular formula is C16H37IN4. The molecule has 21 heavy (non-hydrogen) atoms. The molecule has 0 saturated carbocycles. The predicted octanol–water partition coefficient (Wildman–Crippen LogP) is 3.18. The summed E-state index contributed by atoms with van der Waals surface area (Å²) in [4.78, 5) is 6.51. The fourth-order valence-corrected chi connectivity index (χ4v) is 2.34. The minimum Gasteiger partial charge on any atom is -0.356 e. The Labute approximate surface area is 149 Å². The molecule has 0 bridgehead atoms. The van der Waals surface area contributed by atoms with Crippen molar-refractivity contribution < 1.29 is 0 Å². The van der Waals surface area contributed by atoms with E-state index in [0.29, 0.717) is 0 Å². The molecule has 0 aromatic carbocycles. The number of guanidine groups is 1. The monoisotopic (exact) mass is 412 g/mol. The minimum absolute atomic E-state index is 0. The van der Waals surface area contributed by atoms with E-state index in [-0.39, 0.29) is 29.4 Å². The summed E-state index contributed by atoms with van der Waals surface area (Å²) in [5, 5.41) is 6.82. The first kappa shape index (κ1) is 23.2. The van der Waals surface area contributed by atoms with Crippen LogP contribution in [0.15, 0.2) is 4.99 Å². The van der Waals surface area contributed by atoms with E-state index in [1.807, 2.05) is 7.05 Å². The molecule has 0 unspecified atom stereocenters. The highest BCUT2D eigenvalue weighted by Crippen LogP contribution is 2.13. The molecule has 0 amide bonds. The molecule has 0 aromatic heterocycles. The van der Waals surface area contributed by atoms with Gasteiger partial charge in [0, 0.05) is 26.7 Å². The summed E-state index contributed by atoms with van der Waals surface area (Å²) >= 11 is 0. The third-order valence-electron chi connectivity index (χ3n) is 3.20. The smallest absolute Gasteiger partial charge is 0.190 e. The first-order valence-corrected chi connectivity index (χ1v) is 7.86. The SMILES string of the molecule is CN=C(NCCCCC(C)C)NCC(C)(C)CN(C)C.I. The van der Waals surface area contributed by atoms with Gasteiger partial charge in [0.1, 0.15) is 0 Å². The highest BCUT2D eigenvalue weighted by Gasteiger charge is 2.19. The topological polar surface area (TPSA) is 39.7 Å². The van der Waals surface area contributed by atoms with Gasteiger partial charge in [-0.05, 0) is 31.8 Å². The van der Waals surface area contributed by atoms with Crippen molar-refractivity contribution in [3.63, 3.8) is 0 Å². The van der Waals surface area contributed by atoms with Gasteiger partial charge < -0.3 is 15.5 Å². The molecule has 0 aliphatic rings. The molecule has 0 saturated heterocycles. The molecule has 5 heteroatoms. The van der Waals surface area contributed by atoms with Crippen LogP contribution in [0, 0.1) is 11.3 Å². The summed E-state index contributed by atoms with van der Waals surface area (Å²) in [5.74, 6) is 1.72. The van der Waals surface area contributed by atoms with Crippen molar-refractivity contribution in [3.05, 3.63) is 0 Å². The van der Waals surface area contributed by atoms with Crippen LogP contribution in [0.3, 0.4) is 0 Å². The fourth-order valence-electron chi connectivity index (χ4n) is 2.34. The first-order chi connectivity index (χ1) is 9.26. The average Bonchev–Trinajstić information content (AvgIpc) is 2.30. The van der Waals surface area contributed by atoms with Gasteiger partial charge in [-0.25, -0.2) is 0 Å². The van der Waals surface area contributed by atoms with E-state index in [4.69, 9.17) is 0 Å². The van der Waals surface area contributed by atoms with Crippen molar-refractivity contribution in [2.24, 2.45) is 16.3 Å². The lowest BCUT2D eigenvalue weighted by Crippen LogP contribution is -2.45. The zero-order valence-electron chi connectivity index (χ0n) is 15.1. The normalized spacial score (nSPS) is 12.5. The molecule has 0 atom stereocenters. The van der Waals surface area contributed by atoms with Gasteiger partial charge in [0.15, 0.2) is 5.96 Å². The molecule has 0 fully saturated rings. The lowest BCUT2D eigenvalue weighted by molar-refractivity contribution is 0.241. The van der Waals surface area contributed by atoms with Crippen LogP contribution >= 0.6 is 24.0 Å². The maximum atomic E-state index is 4.28. The van der Waals surface area contributed by atoms with Crippen molar-refractivity contribution in [3.8, 4) is 0 Å². The number of halogens is 1. The largest absolute Gasteiger partial charge is 0.356 e. The molecule has 128 valence electrons. The number of unbranched alkanes of at least 4 members (excludes halogenated alkanes) is 1. The maximum absolute atomic E-state index is 4.28. The number of hydrogen-bond acceptors (Lipinski definition) is 2. The second-order valence-electron chi connectivity index (χ2n) is 7.14. The Bertz CT molecular complexity index is 275. The van der Waals surface area contributed by atoms with Crippen molar-refractivity contribution in [2.45, 2.75) is 47.0 Å². The minimum atomic E-state index is 0. The molecule has 0 aliphatic carbocycles. The van der Waals surface area contributed by atoms with Crippen LogP contribution in [0.25, 0.3) is 0 Å². The van der Waals surface area contributed by atoms with Gasteiger partial charge in [0.2, 0.25) is 0 Å². The van der Waals surface area contributed by atoms with E-state index in [9.17, 15) is 0 Å². The molecule has 0 heterocycles. The van der Waals surface area contributed by atoms with E-state index < -0.39 is 0 Å². The zero-order valence-corrected chi connectivity index (χ0v) is 17.5. The van der Waals surface area contributed by atoms with E-state index in [1.165, 1.54) is 19.3 Å². The maximum Gasteiger partial charge on any atom is 0.190 e. The Hall–Kier alpha value is -0.0400. The Kier molecular flexibility index (Phi) is 13.8. The molecule has 0 radical (unpaired) electrons. The van der Waals surface area contributed by atoms with Gasteiger partial charge >= 0.3 is 0 Å². The lowest BCUT2D eigenvalue weighted by atomic mass is 9.93. The Morgan fingerprint density at radius 2 is 1.76 bits per heavy atom. The summed E-state index contributed by atoms with van der Waals surface area (Å²) in [6.07, 6.45) is 3.80. The average molecular weight is 412 g/mol. The van der Waals surface area contributed by atoms with Crippen LogP contribution < -0.4 is 10.6 Å². The van der Waals surface area contributed by atoms with Crippen molar-refractivity contribution in [1.82, 2.24) is 15.5 Å². The summed E-state index contributed by atoms with van der Waals surface area (Å²) in [6.45, 7) is 12.1. The Balaban J connectivity index is 0. The molecule has 0 spiro atoms. The van der Waals surface area contributed by atoms with Gasteiger partial charge in [0.25, 0.3) is 0 Å². The zero-order chi connectivity index (χ0) is 15.6. The second kappa shape index (κ2) is 12.5. The number of hydrogen-bond donors (Lipinski definition) is 2. The van der Waals surface area contributed by atoms with Crippen LogP contribution in [0.1, 0.15) is 47.0 Å². The van der Waals surface area contributed by atoms with Crippen LogP contribution in [0.4, 0.5) is 0 Å². The van der Waals surface area contributed by atoms with E-state index >= 15 is 0 Å². The predicted molar refractivity (Wildman–Crippen MR) is 106 cm³/mol. The number of nitrogens with one attached hydrogen (secondary N) is 2. The Morgan fingerprint density at radius 1 is 1.14 bits per heavy atom. The van der Waals surface area contributed by atoms with E-state index in [0.717, 1.165) is 31.5 Å². The summed E-state index contributed by atoms with van der Waals surface area (Å²) < 4.78 is 0. The highest BCUT2D eigenvalue weighted by atomic mass is 127. The Morgan fingerprint density at radius 3 is 2.24 bits per heavy atom. The van der Waals surface area contributed by atoms with Crippen LogP contribution in [-0.4, -0.2) is 51.6 Å². The third-order valence-corrected chi connectivity index (χ3v) is 3.20. The third kappa shape index (κ3) is 14.7. The van der Waals surface area contributed by atoms with Gasteiger partial charge in [-0.3, -0.25) is 4.99 Å². The van der Waals surface area contributed by atoms with Crippen LogP contribution in [0.2, 0.25) is 0 Å². The first-order valence-electron chi connectivity index (χ1n) is 7.86. The molecule has 0 aromatic rings. The standard InChI is InChI=1S/C16H36N4.HI/c1-14(2)10-8-9-11-18-15(17-5)19-12-16(3,4)13-20(6)7;/h14H,8-13H2,1-7H3,(H2,17,18,19);1H. The van der Waals surface area contributed by atoms with Crippen LogP contribution in [0.5, 0.6) is 0 Å².